The summed E-state index contributed by atoms with van der Waals surface area (Å²) in [7, 11) is 0. The number of nitrogens with one attached hydrogen (secondary N) is 1. The number of benzene rings is 1. The average molecular weight is 233 g/mol. The molecule has 0 aliphatic rings. The van der Waals surface area contributed by atoms with Crippen molar-refractivity contribution in [1.29, 1.82) is 0 Å². The molecule has 0 radical (unpaired) electrons. The van der Waals surface area contributed by atoms with E-state index in [0.29, 0.717) is 12.1 Å². The topological polar surface area (TPSA) is 66.4 Å². The van der Waals surface area contributed by atoms with Crippen LogP contribution in [0, 0.1) is 6.92 Å². The van der Waals surface area contributed by atoms with Crippen LogP contribution in [0.15, 0.2) is 24.3 Å². The maximum atomic E-state index is 10.9. The molecule has 1 aromatic carbocycles. The minimum atomic E-state index is -0.931. The molecular formula is C13H15NO3. The first-order chi connectivity index (χ1) is 8.02. The normalized spacial score (nSPS) is 10.5. The Hall–Kier alpha value is -2.10. The van der Waals surface area contributed by atoms with E-state index in [4.69, 9.17) is 5.11 Å². The van der Waals surface area contributed by atoms with Crippen molar-refractivity contribution < 1.29 is 14.7 Å². The van der Waals surface area contributed by atoms with Gasteiger partial charge < -0.3 is 10.4 Å². The summed E-state index contributed by atoms with van der Waals surface area (Å²) in [5.41, 5.74) is 1.86. The van der Waals surface area contributed by atoms with Gasteiger partial charge in [-0.1, -0.05) is 24.3 Å². The van der Waals surface area contributed by atoms with Crippen molar-refractivity contribution in [1.82, 2.24) is 5.32 Å². The molecule has 1 aromatic rings. The van der Waals surface area contributed by atoms with Crippen molar-refractivity contribution in [2.75, 3.05) is 6.54 Å². The molecule has 1 rings (SSSR count). The fourth-order valence-electron chi connectivity index (χ4n) is 1.45. The van der Waals surface area contributed by atoms with Gasteiger partial charge in [-0.25, -0.2) is 4.79 Å². The van der Waals surface area contributed by atoms with Crippen LogP contribution in [0.2, 0.25) is 0 Å². The highest BCUT2D eigenvalue weighted by Crippen LogP contribution is 2.15. The Bertz CT molecular complexity index is 464. The highest BCUT2D eigenvalue weighted by molar-refractivity contribution is 5.90. The number of hydrogen-bond acceptors (Lipinski definition) is 2. The third kappa shape index (κ3) is 3.75. The second-order valence-electron chi connectivity index (χ2n) is 3.66. The van der Waals surface area contributed by atoms with Gasteiger partial charge in [-0.15, -0.1) is 0 Å². The van der Waals surface area contributed by atoms with Gasteiger partial charge in [0.05, 0.1) is 5.56 Å². The molecule has 0 aromatic heterocycles. The first-order valence-corrected chi connectivity index (χ1v) is 5.26. The third-order valence-electron chi connectivity index (χ3n) is 2.37. The molecule has 4 heteroatoms. The van der Waals surface area contributed by atoms with E-state index in [9.17, 15) is 9.59 Å². The zero-order valence-electron chi connectivity index (χ0n) is 9.86. The second kappa shape index (κ2) is 5.84. The quantitative estimate of drug-likeness (QED) is 0.834. The van der Waals surface area contributed by atoms with Crippen LogP contribution in [-0.4, -0.2) is 23.5 Å². The summed E-state index contributed by atoms with van der Waals surface area (Å²) in [6.45, 7) is 3.65. The van der Waals surface area contributed by atoms with Gasteiger partial charge in [0.1, 0.15) is 0 Å². The fraction of sp³-hybridized carbons (Fsp3) is 0.231. The van der Waals surface area contributed by atoms with Crippen molar-refractivity contribution >= 4 is 18.0 Å². The summed E-state index contributed by atoms with van der Waals surface area (Å²) < 4.78 is 0. The predicted molar refractivity (Wildman–Crippen MR) is 65.9 cm³/mol. The number of carbonyl (C=O) groups is 2. The number of carbonyl (C=O) groups excluding carboxylic acids is 1. The van der Waals surface area contributed by atoms with Crippen LogP contribution in [-0.2, 0) is 4.79 Å². The van der Waals surface area contributed by atoms with Crippen molar-refractivity contribution in [3.63, 3.8) is 0 Å². The van der Waals surface area contributed by atoms with E-state index in [1.54, 1.807) is 31.2 Å². The monoisotopic (exact) mass is 233 g/mol. The summed E-state index contributed by atoms with van der Waals surface area (Å²) in [4.78, 5) is 21.6. The predicted octanol–water partition coefficient (Wildman–Crippen LogP) is 1.84. The highest BCUT2D eigenvalue weighted by atomic mass is 16.4. The van der Waals surface area contributed by atoms with Crippen molar-refractivity contribution in [3.05, 3.63) is 41.0 Å². The molecule has 0 heterocycles. The molecule has 4 nitrogen and oxygen atoms in total. The molecule has 0 atom stereocenters. The Morgan fingerprint density at radius 1 is 1.41 bits per heavy atom. The van der Waals surface area contributed by atoms with E-state index in [0.717, 1.165) is 11.1 Å². The van der Waals surface area contributed by atoms with Crippen LogP contribution in [0.25, 0.3) is 6.08 Å². The number of aromatic carboxylic acids is 1. The smallest absolute Gasteiger partial charge is 0.335 e. The Morgan fingerprint density at radius 3 is 2.71 bits per heavy atom. The van der Waals surface area contributed by atoms with Gasteiger partial charge in [0.15, 0.2) is 0 Å². The van der Waals surface area contributed by atoms with Crippen molar-refractivity contribution in [3.8, 4) is 0 Å². The molecule has 0 bridgehead atoms. The summed E-state index contributed by atoms with van der Waals surface area (Å²) in [6, 6.07) is 5.11. The zero-order valence-corrected chi connectivity index (χ0v) is 9.86. The summed E-state index contributed by atoms with van der Waals surface area (Å²) in [6.07, 6.45) is 3.59. The molecule has 2 N–H and O–H groups in total. The van der Waals surface area contributed by atoms with Crippen LogP contribution in [0.4, 0.5) is 0 Å². The van der Waals surface area contributed by atoms with Crippen LogP contribution in [0.3, 0.4) is 0 Å². The first kappa shape index (κ1) is 13.0. The molecule has 0 aliphatic carbocycles. The molecule has 17 heavy (non-hydrogen) atoms. The Balaban J connectivity index is 2.81. The van der Waals surface area contributed by atoms with E-state index in [-0.39, 0.29) is 5.91 Å². The van der Waals surface area contributed by atoms with E-state index in [2.05, 4.69) is 5.32 Å². The third-order valence-corrected chi connectivity index (χ3v) is 2.37. The molecule has 0 spiro atoms. The molecule has 0 saturated carbocycles. The maximum Gasteiger partial charge on any atom is 0.335 e. The van der Waals surface area contributed by atoms with Crippen LogP contribution in [0.5, 0.6) is 0 Å². The average Bonchev–Trinajstić information content (AvgIpc) is 2.25. The van der Waals surface area contributed by atoms with E-state index >= 15 is 0 Å². The Kier molecular flexibility index (Phi) is 4.46. The SMILES string of the molecule is CC(=O)NCC=Cc1cccc(C(=O)O)c1C. The van der Waals surface area contributed by atoms with Crippen molar-refractivity contribution in [2.45, 2.75) is 13.8 Å². The van der Waals surface area contributed by atoms with Crippen molar-refractivity contribution in [2.24, 2.45) is 0 Å². The fourth-order valence-corrected chi connectivity index (χ4v) is 1.45. The summed E-state index contributed by atoms with van der Waals surface area (Å²) in [5.74, 6) is -1.02. The Labute approximate surface area is 100.0 Å². The van der Waals surface area contributed by atoms with Gasteiger partial charge in [-0.2, -0.15) is 0 Å². The lowest BCUT2D eigenvalue weighted by Crippen LogP contribution is -2.19. The van der Waals surface area contributed by atoms with Gasteiger partial charge in [0, 0.05) is 13.5 Å². The largest absolute Gasteiger partial charge is 0.478 e. The molecule has 0 aliphatic heterocycles. The lowest BCUT2D eigenvalue weighted by Gasteiger charge is -2.04. The second-order valence-corrected chi connectivity index (χ2v) is 3.66. The van der Waals surface area contributed by atoms with E-state index in [1.807, 2.05) is 6.07 Å². The van der Waals surface area contributed by atoms with Gasteiger partial charge in [-0.05, 0) is 24.1 Å². The zero-order chi connectivity index (χ0) is 12.8. The van der Waals surface area contributed by atoms with Crippen LogP contribution < -0.4 is 5.32 Å². The maximum absolute atomic E-state index is 10.9. The number of rotatable bonds is 4. The first-order valence-electron chi connectivity index (χ1n) is 5.26. The summed E-state index contributed by atoms with van der Waals surface area (Å²) in [5, 5.41) is 11.6. The van der Waals surface area contributed by atoms with Crippen LogP contribution in [0.1, 0.15) is 28.4 Å². The molecule has 1 amide bonds. The Morgan fingerprint density at radius 2 is 2.12 bits per heavy atom. The van der Waals surface area contributed by atoms with E-state index < -0.39 is 5.97 Å². The lowest BCUT2D eigenvalue weighted by molar-refractivity contribution is -0.118. The molecule has 90 valence electrons. The number of carboxylic acids is 1. The standard InChI is InChI=1S/C13H15NO3/c1-9-11(6-4-8-14-10(2)15)5-3-7-12(9)13(16)17/h3-7H,8H2,1-2H3,(H,14,15)(H,16,17). The van der Waals surface area contributed by atoms with Crippen LogP contribution >= 0.6 is 0 Å². The van der Waals surface area contributed by atoms with Gasteiger partial charge >= 0.3 is 5.97 Å². The summed E-state index contributed by atoms with van der Waals surface area (Å²) >= 11 is 0. The van der Waals surface area contributed by atoms with Gasteiger partial charge in [-0.3, -0.25) is 4.79 Å². The van der Waals surface area contributed by atoms with Gasteiger partial charge in [0.2, 0.25) is 5.91 Å². The minimum Gasteiger partial charge on any atom is -0.478 e. The minimum absolute atomic E-state index is 0.0920. The number of carboxylic acid groups (broad SMARTS) is 1. The number of amides is 1. The lowest BCUT2D eigenvalue weighted by atomic mass is 10.0. The molecule has 0 saturated heterocycles. The molecule has 0 unspecified atom stereocenters. The highest BCUT2D eigenvalue weighted by Gasteiger charge is 2.07. The van der Waals surface area contributed by atoms with Gasteiger partial charge in [0.25, 0.3) is 0 Å². The molecular weight excluding hydrogens is 218 g/mol. The molecule has 0 fully saturated rings. The van der Waals surface area contributed by atoms with E-state index in [1.165, 1.54) is 6.92 Å². The number of hydrogen-bond donors (Lipinski definition) is 2.